The number of anilines is 2. The predicted octanol–water partition coefficient (Wildman–Crippen LogP) is 5.23. The van der Waals surface area contributed by atoms with Crippen LogP contribution in [0.5, 0.6) is 0 Å². The summed E-state index contributed by atoms with van der Waals surface area (Å²) < 4.78 is 28.8. The number of hydrogen-bond donors (Lipinski definition) is 1. The normalized spacial score (nSPS) is 17.6. The van der Waals surface area contributed by atoms with E-state index in [4.69, 9.17) is 28.3 Å². The molecule has 35 heavy (non-hydrogen) atoms. The Morgan fingerprint density at radius 2 is 1.77 bits per heavy atom. The average molecular weight is 601 g/mol. The number of nitrogens with zero attached hydrogens (tertiary/aromatic N) is 3. The molecule has 0 fully saturated rings. The Hall–Kier alpha value is -2.40. The van der Waals surface area contributed by atoms with Gasteiger partial charge in [0.2, 0.25) is 5.95 Å². The van der Waals surface area contributed by atoms with E-state index < -0.39 is 33.0 Å². The van der Waals surface area contributed by atoms with Gasteiger partial charge in [0.25, 0.3) is 5.91 Å². The molecule has 0 spiro atoms. The van der Waals surface area contributed by atoms with Crippen molar-refractivity contribution < 1.29 is 23.1 Å². The quantitative estimate of drug-likeness (QED) is 0.379. The van der Waals surface area contributed by atoms with Crippen LogP contribution >= 0.6 is 39.1 Å². The highest BCUT2D eigenvalue weighted by Gasteiger charge is 2.51. The van der Waals surface area contributed by atoms with Crippen LogP contribution in [0.25, 0.3) is 0 Å². The summed E-state index contributed by atoms with van der Waals surface area (Å²) in [4.78, 5) is 30.4. The Labute approximate surface area is 220 Å². The van der Waals surface area contributed by atoms with Crippen LogP contribution in [0, 0.1) is 0 Å². The van der Waals surface area contributed by atoms with Crippen molar-refractivity contribution in [2.75, 3.05) is 10.7 Å². The molecule has 2 aromatic carbocycles. The van der Waals surface area contributed by atoms with Gasteiger partial charge in [0.05, 0.1) is 17.6 Å². The van der Waals surface area contributed by atoms with Crippen molar-refractivity contribution in [1.29, 1.82) is 0 Å². The van der Waals surface area contributed by atoms with Crippen LogP contribution in [0.3, 0.4) is 0 Å². The third kappa shape index (κ3) is 4.97. The van der Waals surface area contributed by atoms with Crippen molar-refractivity contribution in [3.05, 3.63) is 68.7 Å². The van der Waals surface area contributed by atoms with Gasteiger partial charge in [0.15, 0.2) is 14.9 Å². The second kappa shape index (κ2) is 9.57. The first kappa shape index (κ1) is 25.7. The molecule has 1 aliphatic rings. The average Bonchev–Trinajstić information content (AvgIpc) is 3.28. The van der Waals surface area contributed by atoms with E-state index in [2.05, 4.69) is 20.9 Å². The number of benzene rings is 2. The van der Waals surface area contributed by atoms with E-state index in [-0.39, 0.29) is 30.2 Å². The highest BCUT2D eigenvalue weighted by Crippen LogP contribution is 2.44. The summed E-state index contributed by atoms with van der Waals surface area (Å²) in [6.45, 7) is 1.66. The molecule has 4 rings (SSSR count). The zero-order chi connectivity index (χ0) is 25.5. The summed E-state index contributed by atoms with van der Waals surface area (Å²) in [7, 11) is -3.95. The fourth-order valence-corrected chi connectivity index (χ4v) is 6.46. The fourth-order valence-electron chi connectivity index (χ4n) is 4.17. The Kier molecular flexibility index (Phi) is 7.02. The first-order valence-corrected chi connectivity index (χ1v) is 13.7. The molecule has 8 nitrogen and oxygen atoms in total. The van der Waals surface area contributed by atoms with E-state index in [1.54, 1.807) is 19.1 Å². The van der Waals surface area contributed by atoms with Gasteiger partial charge in [-0.15, -0.1) is 0 Å². The molecule has 1 amide bonds. The molecular weight excluding hydrogens is 581 g/mol. The first-order valence-electron chi connectivity index (χ1n) is 10.5. The molecule has 0 aliphatic carbocycles. The third-order valence-electron chi connectivity index (χ3n) is 5.76. The summed E-state index contributed by atoms with van der Waals surface area (Å²) in [6, 6.07) is 12.0. The molecule has 0 unspecified atom stereocenters. The number of carboxylic acids is 1. The maximum absolute atomic E-state index is 13.9. The van der Waals surface area contributed by atoms with Gasteiger partial charge in [-0.3, -0.25) is 14.2 Å². The minimum atomic E-state index is -3.95. The number of carbonyl (C=O) groups is 2. The van der Waals surface area contributed by atoms with Gasteiger partial charge in [0, 0.05) is 27.4 Å². The second-order valence-electron chi connectivity index (χ2n) is 8.39. The summed E-state index contributed by atoms with van der Waals surface area (Å²) in [5.41, 5.74) is -0.179. The highest BCUT2D eigenvalue weighted by molar-refractivity contribution is 9.10. The van der Waals surface area contributed by atoms with Crippen molar-refractivity contribution in [1.82, 2.24) is 9.55 Å². The molecule has 1 N–H and O–H groups in total. The number of rotatable bonds is 8. The molecule has 1 atom stereocenters. The lowest BCUT2D eigenvalue weighted by atomic mass is 9.92. The van der Waals surface area contributed by atoms with Gasteiger partial charge >= 0.3 is 5.97 Å². The molecule has 0 bridgehead atoms. The molecule has 0 saturated carbocycles. The number of fused-ring (bicyclic) bond motifs is 1. The minimum absolute atomic E-state index is 0.0663. The molecule has 12 heteroatoms. The van der Waals surface area contributed by atoms with Crippen LogP contribution in [0.4, 0.5) is 11.6 Å². The van der Waals surface area contributed by atoms with E-state index in [9.17, 15) is 18.0 Å². The Balaban J connectivity index is 1.86. The van der Waals surface area contributed by atoms with Crippen molar-refractivity contribution in [2.45, 2.75) is 36.8 Å². The van der Waals surface area contributed by atoms with E-state index in [1.165, 1.54) is 21.7 Å². The topological polar surface area (TPSA) is 110 Å². The first-order chi connectivity index (χ1) is 16.4. The smallest absolute Gasteiger partial charge is 0.303 e. The van der Waals surface area contributed by atoms with Gasteiger partial charge in [-0.25, -0.2) is 18.3 Å². The highest BCUT2D eigenvalue weighted by atomic mass is 79.9. The Bertz CT molecular complexity index is 1410. The fraction of sp³-hybridized carbons (Fsp3) is 0.261. The van der Waals surface area contributed by atoms with Crippen molar-refractivity contribution in [2.24, 2.45) is 0 Å². The summed E-state index contributed by atoms with van der Waals surface area (Å²) in [5.74, 6) is -1.76. The van der Waals surface area contributed by atoms with Crippen molar-refractivity contribution in [3.8, 4) is 0 Å². The molecular formula is C23H20BrCl2N3O5S. The number of imidazole rings is 1. The van der Waals surface area contributed by atoms with Crippen LogP contribution in [0.2, 0.25) is 10.0 Å². The van der Waals surface area contributed by atoms with Crippen LogP contribution in [-0.4, -0.2) is 40.7 Å². The lowest BCUT2D eigenvalue weighted by Crippen LogP contribution is -2.42. The van der Waals surface area contributed by atoms with Gasteiger partial charge in [-0.05, 0) is 49.2 Å². The van der Waals surface area contributed by atoms with Crippen LogP contribution in [0.15, 0.2) is 58.2 Å². The number of aliphatic carboxylic acids is 1. The van der Waals surface area contributed by atoms with E-state index in [0.717, 1.165) is 10.0 Å². The molecule has 184 valence electrons. The van der Waals surface area contributed by atoms with Crippen LogP contribution in [0.1, 0.15) is 25.3 Å². The standard InChI is InChI=1S/C23H20BrCl2N3O5S/c1-23(12-14-4-6-15(24)7-5-14)21(32)28(18-10-16(25)9-17(26)11-18)22-27-13-19(29(22)23)35(33,34)8-2-3-20(30)31/h4-7,9-11,13H,2-3,8,12H2,1H3,(H,30,31)/t23-/m1/s1. The number of halogens is 3. The lowest BCUT2D eigenvalue weighted by Gasteiger charge is -2.26. The van der Waals surface area contributed by atoms with Crippen LogP contribution < -0.4 is 4.90 Å². The van der Waals surface area contributed by atoms with Crippen molar-refractivity contribution >= 4 is 72.5 Å². The number of sulfone groups is 1. The minimum Gasteiger partial charge on any atom is -0.481 e. The van der Waals surface area contributed by atoms with Gasteiger partial charge in [0.1, 0.15) is 5.54 Å². The van der Waals surface area contributed by atoms with E-state index >= 15 is 0 Å². The molecule has 2 heterocycles. The SMILES string of the molecule is C[C@@]1(Cc2ccc(Br)cc2)C(=O)N(c2cc(Cl)cc(Cl)c2)c2ncc(S(=O)(=O)CCCC(=O)O)n21. The Morgan fingerprint density at radius 3 is 2.37 bits per heavy atom. The Morgan fingerprint density at radius 1 is 1.14 bits per heavy atom. The number of hydrogen-bond acceptors (Lipinski definition) is 5. The van der Waals surface area contributed by atoms with E-state index in [1.807, 2.05) is 24.3 Å². The van der Waals surface area contributed by atoms with E-state index in [0.29, 0.717) is 15.7 Å². The maximum atomic E-state index is 13.9. The lowest BCUT2D eigenvalue weighted by molar-refractivity contribution is -0.137. The number of carboxylic acid groups (broad SMARTS) is 1. The predicted molar refractivity (Wildman–Crippen MR) is 136 cm³/mol. The maximum Gasteiger partial charge on any atom is 0.303 e. The monoisotopic (exact) mass is 599 g/mol. The van der Waals surface area contributed by atoms with Crippen molar-refractivity contribution in [3.63, 3.8) is 0 Å². The number of aromatic nitrogens is 2. The van der Waals surface area contributed by atoms with Crippen LogP contribution in [-0.2, 0) is 31.4 Å². The molecule has 1 aliphatic heterocycles. The molecule has 0 saturated heterocycles. The van der Waals surface area contributed by atoms with Gasteiger partial charge in [-0.1, -0.05) is 51.3 Å². The zero-order valence-electron chi connectivity index (χ0n) is 18.4. The molecule has 1 aromatic heterocycles. The molecule has 0 radical (unpaired) electrons. The second-order valence-corrected chi connectivity index (χ2v) is 12.2. The zero-order valence-corrected chi connectivity index (χ0v) is 22.3. The molecule has 3 aromatic rings. The number of carbonyl (C=O) groups excluding carboxylic acids is 1. The number of amides is 1. The summed E-state index contributed by atoms with van der Waals surface area (Å²) >= 11 is 15.8. The summed E-state index contributed by atoms with van der Waals surface area (Å²) in [6.07, 6.45) is 1.04. The largest absolute Gasteiger partial charge is 0.481 e. The summed E-state index contributed by atoms with van der Waals surface area (Å²) in [5, 5.41) is 9.38. The van der Waals surface area contributed by atoms with Gasteiger partial charge < -0.3 is 5.11 Å². The third-order valence-corrected chi connectivity index (χ3v) is 8.47. The van der Waals surface area contributed by atoms with Gasteiger partial charge in [-0.2, -0.15) is 0 Å².